The topological polar surface area (TPSA) is 58.1 Å². The Bertz CT molecular complexity index is 1350. The molecule has 1 aromatic carbocycles. The number of nitrogens with zero attached hydrogens (tertiary/aromatic N) is 3. The number of nitrogens with one attached hydrogen (secondary N) is 1. The van der Waals surface area contributed by atoms with E-state index in [2.05, 4.69) is 15.3 Å². The van der Waals surface area contributed by atoms with Crippen LogP contribution in [0, 0.1) is 11.6 Å². The van der Waals surface area contributed by atoms with E-state index in [9.17, 15) is 18.0 Å². The quantitative estimate of drug-likeness (QED) is 0.410. The van der Waals surface area contributed by atoms with E-state index < -0.39 is 29.3 Å². The fourth-order valence-electron chi connectivity index (χ4n) is 4.78. The lowest BCUT2D eigenvalue weighted by Gasteiger charge is -2.20. The van der Waals surface area contributed by atoms with Crippen molar-refractivity contribution in [3.8, 4) is 11.3 Å². The van der Waals surface area contributed by atoms with E-state index in [4.69, 9.17) is 0 Å². The van der Waals surface area contributed by atoms with Crippen LogP contribution in [0.1, 0.15) is 59.8 Å². The van der Waals surface area contributed by atoms with E-state index in [0.717, 1.165) is 12.1 Å². The molecule has 0 spiro atoms. The lowest BCUT2D eigenvalue weighted by atomic mass is 9.94. The highest BCUT2D eigenvalue weighted by Gasteiger charge is 2.64. The van der Waals surface area contributed by atoms with Crippen molar-refractivity contribution in [3.05, 3.63) is 76.6 Å². The number of aromatic nitrogens is 2. The third-order valence-corrected chi connectivity index (χ3v) is 7.09. The summed E-state index contributed by atoms with van der Waals surface area (Å²) in [7, 11) is 0. The monoisotopic (exact) mass is 502 g/mol. The number of rotatable bonds is 6. The molecule has 1 aliphatic carbocycles. The number of carbonyl (C=O) groups excluding carboxylic acids is 1. The Morgan fingerprint density at radius 3 is 2.44 bits per heavy atom. The summed E-state index contributed by atoms with van der Waals surface area (Å²) in [6, 6.07) is 5.34. The maximum atomic E-state index is 15.2. The number of carbonyl (C=O) groups is 1. The van der Waals surface area contributed by atoms with Crippen molar-refractivity contribution in [1.82, 2.24) is 14.9 Å². The highest BCUT2D eigenvalue weighted by atomic mass is 19.4. The predicted octanol–water partition coefficient (Wildman–Crippen LogP) is 6.16. The Kier molecular flexibility index (Phi) is 5.72. The largest absolute Gasteiger partial charge is 0.398 e. The molecule has 0 radical (unpaired) electrons. The fourth-order valence-corrected chi connectivity index (χ4v) is 4.78. The molecule has 188 valence electrons. The minimum atomic E-state index is -4.43. The molecular formula is C26H23F5N4O. The normalized spacial score (nSPS) is 17.2. The van der Waals surface area contributed by atoms with Crippen LogP contribution in [0.25, 0.3) is 11.3 Å². The molecule has 5 rings (SSSR count). The Labute approximate surface area is 204 Å². The van der Waals surface area contributed by atoms with Gasteiger partial charge in [0, 0.05) is 41.2 Å². The molecule has 0 unspecified atom stereocenters. The molecule has 1 amide bonds. The molecule has 1 N–H and O–H groups in total. The molecule has 3 aromatic rings. The molecule has 2 aliphatic rings. The van der Waals surface area contributed by atoms with Crippen LogP contribution in [0.4, 0.5) is 27.8 Å². The minimum absolute atomic E-state index is 0.00130. The van der Waals surface area contributed by atoms with Gasteiger partial charge in [-0.1, -0.05) is 0 Å². The van der Waals surface area contributed by atoms with Crippen molar-refractivity contribution in [2.75, 3.05) is 11.9 Å². The van der Waals surface area contributed by atoms with Crippen molar-refractivity contribution in [1.29, 1.82) is 0 Å². The van der Waals surface area contributed by atoms with Crippen LogP contribution in [0.2, 0.25) is 0 Å². The van der Waals surface area contributed by atoms with Gasteiger partial charge in [0.05, 0.1) is 23.7 Å². The molecule has 3 heterocycles. The second-order valence-electron chi connectivity index (χ2n) is 9.23. The lowest BCUT2D eigenvalue weighted by molar-refractivity contribution is -0.160. The first-order valence-electron chi connectivity index (χ1n) is 11.6. The smallest absolute Gasteiger partial charge is 0.363 e. The fraction of sp³-hybridized carbons (Fsp3) is 0.346. The van der Waals surface area contributed by atoms with Gasteiger partial charge in [-0.2, -0.15) is 13.2 Å². The summed E-state index contributed by atoms with van der Waals surface area (Å²) in [5.74, 6) is -1.25. The first kappa shape index (κ1) is 24.1. The molecule has 1 aliphatic heterocycles. The predicted molar refractivity (Wildman–Crippen MR) is 123 cm³/mol. The van der Waals surface area contributed by atoms with E-state index in [1.165, 1.54) is 24.5 Å². The number of amides is 1. The van der Waals surface area contributed by atoms with Crippen LogP contribution < -0.4 is 5.32 Å². The third-order valence-electron chi connectivity index (χ3n) is 7.09. The average Bonchev–Trinajstić information content (AvgIpc) is 3.60. The van der Waals surface area contributed by atoms with Crippen molar-refractivity contribution >= 4 is 11.7 Å². The van der Waals surface area contributed by atoms with E-state index in [-0.39, 0.29) is 41.1 Å². The SMILES string of the molecule is CCN1Cc2c(ccnc2N[C@@H](C)c2cc(F)c(-c3cc(C4(C(F)(F)F)CC4)ccn3)cc2F)C1=O. The minimum Gasteiger partial charge on any atom is -0.363 e. The summed E-state index contributed by atoms with van der Waals surface area (Å²) >= 11 is 0. The molecular weight excluding hydrogens is 479 g/mol. The van der Waals surface area contributed by atoms with Crippen LogP contribution in [0.3, 0.4) is 0 Å². The number of hydrogen-bond donors (Lipinski definition) is 1. The molecule has 2 aromatic heterocycles. The van der Waals surface area contributed by atoms with Crippen molar-refractivity contribution in [2.24, 2.45) is 0 Å². The molecule has 1 saturated carbocycles. The van der Waals surface area contributed by atoms with Gasteiger partial charge in [-0.25, -0.2) is 13.8 Å². The van der Waals surface area contributed by atoms with Gasteiger partial charge in [-0.15, -0.1) is 0 Å². The molecule has 1 fully saturated rings. The summed E-state index contributed by atoms with van der Waals surface area (Å²) in [5, 5.41) is 3.07. The number of pyridine rings is 2. The molecule has 1 atom stereocenters. The summed E-state index contributed by atoms with van der Waals surface area (Å²) in [5.41, 5.74) is -1.01. The van der Waals surface area contributed by atoms with Gasteiger partial charge in [0.15, 0.2) is 0 Å². The van der Waals surface area contributed by atoms with Gasteiger partial charge in [-0.05, 0) is 62.6 Å². The van der Waals surface area contributed by atoms with E-state index in [0.29, 0.717) is 30.0 Å². The summed E-state index contributed by atoms with van der Waals surface area (Å²) < 4.78 is 70.9. The summed E-state index contributed by atoms with van der Waals surface area (Å²) in [6.45, 7) is 4.39. The van der Waals surface area contributed by atoms with Gasteiger partial charge < -0.3 is 10.2 Å². The molecule has 36 heavy (non-hydrogen) atoms. The number of fused-ring (bicyclic) bond motifs is 1. The van der Waals surface area contributed by atoms with Gasteiger partial charge in [-0.3, -0.25) is 9.78 Å². The Hall–Kier alpha value is -3.56. The van der Waals surface area contributed by atoms with Crippen molar-refractivity contribution < 1.29 is 26.7 Å². The zero-order valence-corrected chi connectivity index (χ0v) is 19.6. The standard InChI is InChI=1S/C26H23F5N4O/c1-3-35-13-19-16(24(35)36)5-9-33-23(19)34-14(2)17-11-21(28)18(12-20(17)27)22-10-15(4-8-32-22)25(6-7-25)26(29,30)31/h4-5,8-12,14H,3,6-7,13H2,1-2H3,(H,33,34)/t14-/m0/s1. The second-order valence-corrected chi connectivity index (χ2v) is 9.23. The number of anilines is 1. The summed E-state index contributed by atoms with van der Waals surface area (Å²) in [4.78, 5) is 22.4. The van der Waals surface area contributed by atoms with Crippen LogP contribution >= 0.6 is 0 Å². The zero-order chi connectivity index (χ0) is 25.8. The van der Waals surface area contributed by atoms with Crippen LogP contribution in [0.15, 0.2) is 42.7 Å². The number of hydrogen-bond acceptors (Lipinski definition) is 4. The molecule has 0 bridgehead atoms. The van der Waals surface area contributed by atoms with Crippen LogP contribution in [0.5, 0.6) is 0 Å². The maximum absolute atomic E-state index is 15.2. The maximum Gasteiger partial charge on any atom is 0.398 e. The Morgan fingerprint density at radius 1 is 1.06 bits per heavy atom. The lowest BCUT2D eigenvalue weighted by Crippen LogP contribution is -2.28. The number of alkyl halides is 3. The Balaban J connectivity index is 1.43. The van der Waals surface area contributed by atoms with Gasteiger partial charge in [0.25, 0.3) is 5.91 Å². The Morgan fingerprint density at radius 2 is 1.78 bits per heavy atom. The summed E-state index contributed by atoms with van der Waals surface area (Å²) in [6.07, 6.45) is -1.84. The molecule has 0 saturated heterocycles. The molecule has 10 heteroatoms. The highest BCUT2D eigenvalue weighted by molar-refractivity contribution is 5.99. The average molecular weight is 502 g/mol. The van der Waals surface area contributed by atoms with E-state index in [1.807, 2.05) is 6.92 Å². The van der Waals surface area contributed by atoms with Crippen molar-refractivity contribution in [3.63, 3.8) is 0 Å². The van der Waals surface area contributed by atoms with Crippen molar-refractivity contribution in [2.45, 2.75) is 50.9 Å². The van der Waals surface area contributed by atoms with Gasteiger partial charge >= 0.3 is 6.18 Å². The van der Waals surface area contributed by atoms with Crippen LogP contribution in [-0.4, -0.2) is 33.5 Å². The molecule has 5 nitrogen and oxygen atoms in total. The first-order chi connectivity index (χ1) is 17.1. The second kappa shape index (κ2) is 8.53. The van der Waals surface area contributed by atoms with Crippen LogP contribution in [-0.2, 0) is 12.0 Å². The van der Waals surface area contributed by atoms with E-state index in [1.54, 1.807) is 17.9 Å². The van der Waals surface area contributed by atoms with Gasteiger partial charge in [0.2, 0.25) is 0 Å². The zero-order valence-electron chi connectivity index (χ0n) is 19.6. The van der Waals surface area contributed by atoms with Gasteiger partial charge in [0.1, 0.15) is 17.5 Å². The number of halogens is 5. The number of benzene rings is 1. The first-order valence-corrected chi connectivity index (χ1v) is 11.6. The third kappa shape index (κ3) is 3.88. The van der Waals surface area contributed by atoms with E-state index >= 15 is 8.78 Å². The highest BCUT2D eigenvalue weighted by Crippen LogP contribution is 2.59.